The molecule has 0 aliphatic carbocycles. The van der Waals surface area contributed by atoms with Crippen molar-refractivity contribution in [2.75, 3.05) is 6.54 Å². The Kier molecular flexibility index (Phi) is 5.02. The van der Waals surface area contributed by atoms with Crippen LogP contribution in [0.2, 0.25) is 0 Å². The summed E-state index contributed by atoms with van der Waals surface area (Å²) in [6, 6.07) is -0.197. The molecule has 1 N–H and O–H groups in total. The van der Waals surface area contributed by atoms with Gasteiger partial charge in [-0.25, -0.2) is 0 Å². The monoisotopic (exact) mass is 283 g/mol. The first-order chi connectivity index (χ1) is 9.49. The number of ether oxygens (including phenoxy) is 1. The van der Waals surface area contributed by atoms with E-state index >= 15 is 0 Å². The Morgan fingerprint density at radius 2 is 2.00 bits per heavy atom. The largest absolute Gasteiger partial charge is 0.481 e. The molecule has 2 aliphatic rings. The van der Waals surface area contributed by atoms with Gasteiger partial charge in [0.2, 0.25) is 5.91 Å². The lowest BCUT2D eigenvalue weighted by molar-refractivity contribution is -0.149. The van der Waals surface area contributed by atoms with Crippen molar-refractivity contribution in [3.05, 3.63) is 0 Å². The molecule has 2 unspecified atom stereocenters. The second-order valence-corrected chi connectivity index (χ2v) is 6.10. The normalized spacial score (nSPS) is 34.2. The molecule has 2 rings (SSSR count). The average molecular weight is 283 g/mol. The fourth-order valence-electron chi connectivity index (χ4n) is 3.35. The number of aliphatic carboxylic acids is 1. The van der Waals surface area contributed by atoms with Gasteiger partial charge in [0.25, 0.3) is 0 Å². The summed E-state index contributed by atoms with van der Waals surface area (Å²) in [7, 11) is 0. The summed E-state index contributed by atoms with van der Waals surface area (Å²) < 4.78 is 5.72. The van der Waals surface area contributed by atoms with Crippen LogP contribution in [0.15, 0.2) is 0 Å². The molecule has 4 atom stereocenters. The van der Waals surface area contributed by atoms with Gasteiger partial charge in [-0.1, -0.05) is 0 Å². The van der Waals surface area contributed by atoms with E-state index < -0.39 is 11.9 Å². The minimum atomic E-state index is -0.789. The number of likely N-dealkylation sites (tertiary alicyclic amines) is 1. The van der Waals surface area contributed by atoms with E-state index in [0.29, 0.717) is 25.5 Å². The van der Waals surface area contributed by atoms with E-state index in [2.05, 4.69) is 6.92 Å². The molecule has 114 valence electrons. The predicted octanol–water partition coefficient (Wildman–Crippen LogP) is 2.05. The van der Waals surface area contributed by atoms with Gasteiger partial charge in [-0.05, 0) is 46.0 Å². The summed E-state index contributed by atoms with van der Waals surface area (Å²) in [4.78, 5) is 25.2. The zero-order chi connectivity index (χ0) is 14.7. The number of carbonyl (C=O) groups excluding carboxylic acids is 1. The average Bonchev–Trinajstić information content (AvgIpc) is 2.81. The number of hydrogen-bond acceptors (Lipinski definition) is 3. The van der Waals surface area contributed by atoms with Crippen LogP contribution < -0.4 is 0 Å². The number of amides is 1. The highest BCUT2D eigenvalue weighted by Crippen LogP contribution is 2.26. The van der Waals surface area contributed by atoms with E-state index in [1.165, 1.54) is 0 Å². The lowest BCUT2D eigenvalue weighted by atomic mass is 9.90. The Labute approximate surface area is 120 Å². The highest BCUT2D eigenvalue weighted by atomic mass is 16.5. The lowest BCUT2D eigenvalue weighted by Gasteiger charge is -2.37. The zero-order valence-electron chi connectivity index (χ0n) is 12.4. The van der Waals surface area contributed by atoms with Crippen LogP contribution >= 0.6 is 0 Å². The van der Waals surface area contributed by atoms with Gasteiger partial charge in [0.15, 0.2) is 0 Å². The summed E-state index contributed by atoms with van der Waals surface area (Å²) in [6.07, 6.45) is 5.28. The summed E-state index contributed by atoms with van der Waals surface area (Å²) in [5, 5.41) is 9.18. The van der Waals surface area contributed by atoms with Gasteiger partial charge >= 0.3 is 5.97 Å². The van der Waals surface area contributed by atoms with E-state index in [-0.39, 0.29) is 18.1 Å². The molecule has 0 saturated carbocycles. The molecular weight excluding hydrogens is 258 g/mol. The molecule has 0 aromatic carbocycles. The maximum Gasteiger partial charge on any atom is 0.308 e. The molecule has 0 radical (unpaired) electrons. The van der Waals surface area contributed by atoms with Gasteiger partial charge in [0, 0.05) is 19.0 Å². The van der Waals surface area contributed by atoms with Crippen molar-refractivity contribution in [3.63, 3.8) is 0 Å². The lowest BCUT2D eigenvalue weighted by Crippen LogP contribution is -2.49. The third-order valence-electron chi connectivity index (χ3n) is 4.63. The second kappa shape index (κ2) is 6.57. The Bertz CT molecular complexity index is 371. The third kappa shape index (κ3) is 3.51. The highest BCUT2D eigenvalue weighted by molar-refractivity contribution is 5.78. The Balaban J connectivity index is 1.83. The van der Waals surface area contributed by atoms with Crippen LogP contribution in [-0.2, 0) is 14.3 Å². The second-order valence-electron chi connectivity index (χ2n) is 6.10. The van der Waals surface area contributed by atoms with Crippen LogP contribution in [0.4, 0.5) is 0 Å². The van der Waals surface area contributed by atoms with Crippen molar-refractivity contribution >= 4 is 11.9 Å². The molecule has 5 nitrogen and oxygen atoms in total. The number of nitrogens with zero attached hydrogens (tertiary/aromatic N) is 1. The van der Waals surface area contributed by atoms with Gasteiger partial charge in [-0.15, -0.1) is 0 Å². The number of piperidine rings is 1. The molecule has 5 heteroatoms. The molecule has 0 aromatic heterocycles. The molecule has 2 heterocycles. The van der Waals surface area contributed by atoms with E-state index in [9.17, 15) is 14.7 Å². The first-order valence-corrected chi connectivity index (χ1v) is 7.66. The maximum absolute atomic E-state index is 12.3. The van der Waals surface area contributed by atoms with Crippen molar-refractivity contribution in [1.29, 1.82) is 0 Å². The molecular formula is C15H25NO4. The minimum Gasteiger partial charge on any atom is -0.481 e. The first kappa shape index (κ1) is 15.3. The van der Waals surface area contributed by atoms with Crippen LogP contribution in [0, 0.1) is 5.92 Å². The Morgan fingerprint density at radius 1 is 1.25 bits per heavy atom. The van der Waals surface area contributed by atoms with Gasteiger partial charge in [-0.3, -0.25) is 9.59 Å². The summed E-state index contributed by atoms with van der Waals surface area (Å²) in [6.45, 7) is 4.60. The van der Waals surface area contributed by atoms with E-state index in [4.69, 9.17) is 4.74 Å². The highest BCUT2D eigenvalue weighted by Gasteiger charge is 2.35. The van der Waals surface area contributed by atoms with Gasteiger partial charge in [-0.2, -0.15) is 0 Å². The van der Waals surface area contributed by atoms with Crippen molar-refractivity contribution in [2.45, 2.75) is 70.6 Å². The van der Waals surface area contributed by atoms with Crippen molar-refractivity contribution in [1.82, 2.24) is 4.90 Å². The number of carboxylic acids is 1. The van der Waals surface area contributed by atoms with Gasteiger partial charge in [0.1, 0.15) is 0 Å². The van der Waals surface area contributed by atoms with Gasteiger partial charge < -0.3 is 14.7 Å². The molecule has 0 aromatic rings. The van der Waals surface area contributed by atoms with E-state index in [1.54, 1.807) is 4.90 Å². The zero-order valence-corrected chi connectivity index (χ0v) is 12.4. The molecule has 2 fully saturated rings. The third-order valence-corrected chi connectivity index (χ3v) is 4.63. The van der Waals surface area contributed by atoms with Gasteiger partial charge in [0.05, 0.1) is 18.1 Å². The fourth-order valence-corrected chi connectivity index (χ4v) is 3.35. The standard InChI is InChI=1S/C15H25NO4/c1-10-5-6-12(20-10)7-8-14(17)16-9-3-4-13(11(16)2)15(18)19/h10-13H,3-9H2,1-2H3,(H,18,19)/t10?,11-,12?,13-/m0/s1. The summed E-state index contributed by atoms with van der Waals surface area (Å²) in [5.41, 5.74) is 0. The van der Waals surface area contributed by atoms with E-state index in [1.807, 2.05) is 6.92 Å². The van der Waals surface area contributed by atoms with Crippen molar-refractivity contribution in [3.8, 4) is 0 Å². The van der Waals surface area contributed by atoms with Crippen molar-refractivity contribution in [2.24, 2.45) is 5.92 Å². The SMILES string of the molecule is CC1CCC(CCC(=O)N2CCC[C@H](C(=O)O)[C@@H]2C)O1. The van der Waals surface area contributed by atoms with Crippen molar-refractivity contribution < 1.29 is 19.4 Å². The summed E-state index contributed by atoms with van der Waals surface area (Å²) in [5.74, 6) is -1.13. The molecule has 0 bridgehead atoms. The molecule has 2 aliphatic heterocycles. The number of carbonyl (C=O) groups is 2. The van der Waals surface area contributed by atoms with Crippen LogP contribution in [0.1, 0.15) is 52.4 Å². The Morgan fingerprint density at radius 3 is 2.60 bits per heavy atom. The van der Waals surface area contributed by atoms with Crippen LogP contribution in [-0.4, -0.2) is 46.7 Å². The predicted molar refractivity (Wildman–Crippen MR) is 74.3 cm³/mol. The number of hydrogen-bond donors (Lipinski definition) is 1. The number of rotatable bonds is 4. The smallest absolute Gasteiger partial charge is 0.308 e. The molecule has 0 spiro atoms. The van der Waals surface area contributed by atoms with Crippen LogP contribution in [0.3, 0.4) is 0 Å². The first-order valence-electron chi connectivity index (χ1n) is 7.66. The number of carboxylic acid groups (broad SMARTS) is 1. The topological polar surface area (TPSA) is 66.8 Å². The molecule has 20 heavy (non-hydrogen) atoms. The molecule has 2 saturated heterocycles. The van der Waals surface area contributed by atoms with Crippen LogP contribution in [0.25, 0.3) is 0 Å². The van der Waals surface area contributed by atoms with E-state index in [0.717, 1.165) is 25.7 Å². The minimum absolute atomic E-state index is 0.0756. The maximum atomic E-state index is 12.3. The fraction of sp³-hybridized carbons (Fsp3) is 0.867. The Hall–Kier alpha value is -1.10. The molecule has 1 amide bonds. The summed E-state index contributed by atoms with van der Waals surface area (Å²) >= 11 is 0. The quantitative estimate of drug-likeness (QED) is 0.857. The van der Waals surface area contributed by atoms with Crippen LogP contribution in [0.5, 0.6) is 0 Å².